The molecule has 0 saturated carbocycles. The van der Waals surface area contributed by atoms with Gasteiger partial charge in [-0.15, -0.1) is 0 Å². The van der Waals surface area contributed by atoms with E-state index in [1.807, 2.05) is 0 Å². The van der Waals surface area contributed by atoms with Crippen LogP contribution in [-0.2, 0) is 11.0 Å². The fraction of sp³-hybridized carbons (Fsp3) is 0.0588. The van der Waals surface area contributed by atoms with Crippen molar-refractivity contribution in [3.63, 3.8) is 0 Å². The molecule has 2 N–H and O–H groups in total. The number of carbonyl (C=O) groups is 1. The van der Waals surface area contributed by atoms with E-state index in [9.17, 15) is 22.8 Å². The summed E-state index contributed by atoms with van der Waals surface area (Å²) in [5, 5.41) is -0.246. The molecule has 3 rings (SSSR count). The van der Waals surface area contributed by atoms with Crippen molar-refractivity contribution in [1.82, 2.24) is 4.98 Å². The van der Waals surface area contributed by atoms with Gasteiger partial charge in [0.15, 0.2) is 0 Å². The SMILES string of the molecule is O=C(ONc1ccccc1)c1c[nH]c2ccc(C(F)(F)F)cc2c1=O. The summed E-state index contributed by atoms with van der Waals surface area (Å²) >= 11 is 0. The minimum Gasteiger partial charge on any atom is -0.360 e. The van der Waals surface area contributed by atoms with Crippen molar-refractivity contribution in [3.8, 4) is 0 Å². The van der Waals surface area contributed by atoms with Crippen LogP contribution in [0.4, 0.5) is 18.9 Å². The van der Waals surface area contributed by atoms with Crippen LogP contribution in [0.5, 0.6) is 0 Å². The first-order valence-corrected chi connectivity index (χ1v) is 7.11. The van der Waals surface area contributed by atoms with Gasteiger partial charge in [0.05, 0.1) is 11.3 Å². The molecule has 0 aliphatic carbocycles. The number of hydrogen-bond acceptors (Lipinski definition) is 4. The summed E-state index contributed by atoms with van der Waals surface area (Å²) in [6.45, 7) is 0. The predicted octanol–water partition coefficient (Wildman–Crippen LogP) is 3.73. The van der Waals surface area contributed by atoms with Crippen LogP contribution in [-0.4, -0.2) is 11.0 Å². The lowest BCUT2D eigenvalue weighted by Gasteiger charge is -2.09. The van der Waals surface area contributed by atoms with Gasteiger partial charge in [0.25, 0.3) is 0 Å². The van der Waals surface area contributed by atoms with Gasteiger partial charge in [-0.2, -0.15) is 13.2 Å². The third-order valence-corrected chi connectivity index (χ3v) is 3.46. The van der Waals surface area contributed by atoms with E-state index < -0.39 is 28.7 Å². The number of benzene rings is 2. The summed E-state index contributed by atoms with van der Waals surface area (Å²) in [6, 6.07) is 11.1. The fourth-order valence-electron chi connectivity index (χ4n) is 2.21. The van der Waals surface area contributed by atoms with Gasteiger partial charge in [-0.05, 0) is 30.3 Å². The second kappa shape index (κ2) is 6.31. The Kier molecular flexibility index (Phi) is 4.18. The van der Waals surface area contributed by atoms with Crippen molar-refractivity contribution < 1.29 is 22.8 Å². The van der Waals surface area contributed by atoms with Crippen LogP contribution in [0, 0.1) is 0 Å². The van der Waals surface area contributed by atoms with Crippen molar-refractivity contribution in [2.24, 2.45) is 0 Å². The highest BCUT2D eigenvalue weighted by Gasteiger charge is 2.31. The Morgan fingerprint density at radius 3 is 2.48 bits per heavy atom. The van der Waals surface area contributed by atoms with Crippen molar-refractivity contribution >= 4 is 22.6 Å². The topological polar surface area (TPSA) is 71.2 Å². The number of H-pyrrole nitrogens is 1. The molecule has 128 valence electrons. The van der Waals surface area contributed by atoms with Crippen molar-refractivity contribution in [1.29, 1.82) is 0 Å². The molecule has 8 heteroatoms. The molecule has 0 aliphatic rings. The molecule has 1 heterocycles. The van der Waals surface area contributed by atoms with E-state index >= 15 is 0 Å². The Hall–Kier alpha value is -3.29. The van der Waals surface area contributed by atoms with E-state index in [2.05, 4.69) is 10.5 Å². The first kappa shape index (κ1) is 16.6. The van der Waals surface area contributed by atoms with Crippen LogP contribution in [0.15, 0.2) is 59.5 Å². The largest absolute Gasteiger partial charge is 0.416 e. The number of anilines is 1. The lowest BCUT2D eigenvalue weighted by Crippen LogP contribution is -2.20. The van der Waals surface area contributed by atoms with E-state index in [1.54, 1.807) is 30.3 Å². The molecule has 25 heavy (non-hydrogen) atoms. The smallest absolute Gasteiger partial charge is 0.360 e. The van der Waals surface area contributed by atoms with Gasteiger partial charge in [0, 0.05) is 17.1 Å². The van der Waals surface area contributed by atoms with E-state index in [1.165, 1.54) is 0 Å². The van der Waals surface area contributed by atoms with E-state index in [0.29, 0.717) is 11.8 Å². The molecular formula is C17H11F3N2O3. The molecule has 2 aromatic carbocycles. The van der Waals surface area contributed by atoms with Gasteiger partial charge < -0.3 is 9.82 Å². The average Bonchev–Trinajstić information content (AvgIpc) is 2.60. The number of aromatic nitrogens is 1. The van der Waals surface area contributed by atoms with Crippen LogP contribution in [0.3, 0.4) is 0 Å². The second-order valence-electron chi connectivity index (χ2n) is 5.15. The number of rotatable bonds is 3. The third kappa shape index (κ3) is 3.47. The highest BCUT2D eigenvalue weighted by molar-refractivity contribution is 5.94. The molecule has 0 saturated heterocycles. The third-order valence-electron chi connectivity index (χ3n) is 3.46. The summed E-state index contributed by atoms with van der Waals surface area (Å²) in [4.78, 5) is 31.8. The van der Waals surface area contributed by atoms with Crippen LogP contribution in [0.1, 0.15) is 15.9 Å². The zero-order valence-electron chi connectivity index (χ0n) is 12.6. The Morgan fingerprint density at radius 1 is 1.08 bits per heavy atom. The Balaban J connectivity index is 1.92. The molecule has 0 fully saturated rings. The number of pyridine rings is 1. The number of carbonyl (C=O) groups excluding carboxylic acids is 1. The van der Waals surface area contributed by atoms with Crippen LogP contribution in [0.2, 0.25) is 0 Å². The standard InChI is InChI=1S/C17H11F3N2O3/c18-17(19,20)10-6-7-14-12(8-10)15(23)13(9-21-14)16(24)25-22-11-4-2-1-3-5-11/h1-9,22H,(H,21,23). The number of hydrogen-bond donors (Lipinski definition) is 2. The van der Waals surface area contributed by atoms with Crippen molar-refractivity contribution in [2.45, 2.75) is 6.18 Å². The van der Waals surface area contributed by atoms with Gasteiger partial charge in [0.2, 0.25) is 5.43 Å². The molecule has 0 unspecified atom stereocenters. The zero-order valence-corrected chi connectivity index (χ0v) is 12.6. The van der Waals surface area contributed by atoms with Crippen LogP contribution in [0.25, 0.3) is 10.9 Å². The second-order valence-corrected chi connectivity index (χ2v) is 5.15. The zero-order chi connectivity index (χ0) is 18.0. The Labute approximate surface area is 139 Å². The lowest BCUT2D eigenvalue weighted by molar-refractivity contribution is -0.137. The maximum atomic E-state index is 12.8. The number of halogens is 3. The average molecular weight is 348 g/mol. The molecule has 0 amide bonds. The number of para-hydroxylation sites is 1. The summed E-state index contributed by atoms with van der Waals surface area (Å²) < 4.78 is 38.4. The van der Waals surface area contributed by atoms with E-state index in [4.69, 9.17) is 4.84 Å². The summed E-state index contributed by atoms with van der Waals surface area (Å²) in [7, 11) is 0. The molecule has 1 aromatic heterocycles. The molecule has 3 aromatic rings. The Bertz CT molecular complexity index is 982. The number of alkyl halides is 3. The highest BCUT2D eigenvalue weighted by atomic mass is 19.4. The van der Waals surface area contributed by atoms with Gasteiger partial charge in [-0.1, -0.05) is 18.2 Å². The number of nitrogens with one attached hydrogen (secondary N) is 2. The molecular weight excluding hydrogens is 337 g/mol. The molecule has 0 atom stereocenters. The normalized spacial score (nSPS) is 11.3. The quantitative estimate of drug-likeness (QED) is 0.708. The van der Waals surface area contributed by atoms with Crippen LogP contribution < -0.4 is 10.9 Å². The first-order valence-electron chi connectivity index (χ1n) is 7.11. The minimum atomic E-state index is -4.59. The molecule has 0 radical (unpaired) electrons. The first-order chi connectivity index (χ1) is 11.9. The maximum absolute atomic E-state index is 12.8. The van der Waals surface area contributed by atoms with Crippen molar-refractivity contribution in [2.75, 3.05) is 5.48 Å². The minimum absolute atomic E-state index is 0.186. The van der Waals surface area contributed by atoms with Gasteiger partial charge in [-0.25, -0.2) is 10.3 Å². The van der Waals surface area contributed by atoms with E-state index in [0.717, 1.165) is 18.3 Å². The van der Waals surface area contributed by atoms with Gasteiger partial charge in [0.1, 0.15) is 5.56 Å². The highest BCUT2D eigenvalue weighted by Crippen LogP contribution is 2.30. The summed E-state index contributed by atoms with van der Waals surface area (Å²) in [6.07, 6.45) is -3.49. The van der Waals surface area contributed by atoms with Gasteiger partial charge >= 0.3 is 12.1 Å². The summed E-state index contributed by atoms with van der Waals surface area (Å²) in [5.74, 6) is -1.01. The van der Waals surface area contributed by atoms with Crippen LogP contribution >= 0.6 is 0 Å². The number of fused-ring (bicyclic) bond motifs is 1. The number of aromatic amines is 1. The molecule has 0 spiro atoms. The fourth-order valence-corrected chi connectivity index (χ4v) is 2.21. The monoisotopic (exact) mass is 348 g/mol. The maximum Gasteiger partial charge on any atom is 0.416 e. The lowest BCUT2D eigenvalue weighted by atomic mass is 10.1. The van der Waals surface area contributed by atoms with Crippen molar-refractivity contribution in [3.05, 3.63) is 76.1 Å². The molecule has 0 aliphatic heterocycles. The van der Waals surface area contributed by atoms with E-state index in [-0.39, 0.29) is 10.9 Å². The Morgan fingerprint density at radius 2 is 1.80 bits per heavy atom. The molecule has 0 bridgehead atoms. The molecule has 5 nitrogen and oxygen atoms in total. The predicted molar refractivity (Wildman–Crippen MR) is 85.1 cm³/mol. The van der Waals surface area contributed by atoms with Gasteiger partial charge in [-0.3, -0.25) is 4.79 Å². The summed E-state index contributed by atoms with van der Waals surface area (Å²) in [5.41, 5.74) is 0.808.